The Labute approximate surface area is 42.2 Å². The fourth-order valence-electron chi connectivity index (χ4n) is 0.246. The van der Waals surface area contributed by atoms with Crippen molar-refractivity contribution in [3.05, 3.63) is 0 Å². The van der Waals surface area contributed by atoms with Crippen LogP contribution in [0, 0.1) is 0 Å². The molecule has 0 N–H and O–H groups in total. The lowest BCUT2D eigenvalue weighted by atomic mass is 10.4. The molecule has 0 aliphatic rings. The maximum absolute atomic E-state index is 4.81. The van der Waals surface area contributed by atoms with Crippen LogP contribution in [-0.2, 0) is 4.43 Å². The van der Waals surface area contributed by atoms with E-state index in [9.17, 15) is 0 Å². The zero-order valence-corrected chi connectivity index (χ0v) is 5.65. The van der Waals surface area contributed by atoms with E-state index in [2.05, 4.69) is 6.92 Å². The first-order valence-electron chi connectivity index (χ1n) is 2.28. The first-order valence-corrected chi connectivity index (χ1v) is 2.86. The van der Waals surface area contributed by atoms with Crippen LogP contribution in [0.25, 0.3) is 0 Å². The molecular weight excluding hydrogens is 92.1 g/mol. The second-order valence-electron chi connectivity index (χ2n) is 1.26. The molecule has 0 saturated carbocycles. The molecule has 6 heavy (non-hydrogen) atoms. The summed E-state index contributed by atoms with van der Waals surface area (Å²) < 4.78 is 4.81. The molecule has 0 aliphatic carbocycles. The van der Waals surface area contributed by atoms with Crippen LogP contribution in [0.15, 0.2) is 0 Å². The minimum absolute atomic E-state index is 0.926. The minimum Gasteiger partial charge on any atom is -0.425 e. The maximum Gasteiger partial charge on any atom is 0.174 e. The van der Waals surface area contributed by atoms with Gasteiger partial charge in [-0.2, -0.15) is 0 Å². The highest BCUT2D eigenvalue weighted by Gasteiger charge is 1.74. The Bertz CT molecular complexity index is 19.5. The maximum atomic E-state index is 4.81. The van der Waals surface area contributed by atoms with Crippen LogP contribution < -0.4 is 0 Å². The van der Waals surface area contributed by atoms with Gasteiger partial charge in [0.2, 0.25) is 0 Å². The van der Waals surface area contributed by atoms with E-state index in [0.717, 1.165) is 6.61 Å². The molecule has 0 aromatic rings. The molecule has 0 atom stereocenters. The van der Waals surface area contributed by atoms with Gasteiger partial charge in [-0.15, -0.1) is 0 Å². The second kappa shape index (κ2) is 5.18. The third-order valence-electron chi connectivity index (χ3n) is 0.642. The highest BCUT2D eigenvalue weighted by Crippen LogP contribution is 1.82. The molecule has 37 valence electrons. The van der Waals surface area contributed by atoms with E-state index >= 15 is 0 Å². The second-order valence-corrected chi connectivity index (χ2v) is 1.67. The van der Waals surface area contributed by atoms with Crippen LogP contribution in [0.2, 0.25) is 0 Å². The van der Waals surface area contributed by atoms with E-state index in [0.29, 0.717) is 0 Å². The number of hydrogen-bond donors (Lipinski definition) is 0. The Hall–Kier alpha value is 0.177. The van der Waals surface area contributed by atoms with Crippen molar-refractivity contribution in [3.63, 3.8) is 0 Å². The molecule has 0 saturated heterocycles. The zero-order valence-electron chi connectivity index (χ0n) is 4.24. The van der Waals surface area contributed by atoms with E-state index in [1.54, 1.807) is 10.5 Å². The van der Waals surface area contributed by atoms with E-state index in [1.807, 2.05) is 0 Å². The molecule has 0 fully saturated rings. The lowest BCUT2D eigenvalue weighted by Crippen LogP contribution is -1.85. The van der Waals surface area contributed by atoms with E-state index in [1.165, 1.54) is 12.8 Å². The van der Waals surface area contributed by atoms with Crippen LogP contribution in [-0.4, -0.2) is 17.1 Å². The molecule has 0 aromatic heterocycles. The standard InChI is InChI=1S/C4H11OSi/c1-2-3-4-5-6/h2-4,6H2,1H3. The molecule has 0 aliphatic heterocycles. The Morgan fingerprint density at radius 3 is 2.50 bits per heavy atom. The molecule has 1 nitrogen and oxygen atoms in total. The average molecular weight is 103 g/mol. The van der Waals surface area contributed by atoms with Gasteiger partial charge in [0.15, 0.2) is 10.5 Å². The summed E-state index contributed by atoms with van der Waals surface area (Å²) in [6, 6.07) is 0. The zero-order chi connectivity index (χ0) is 4.83. The highest BCUT2D eigenvalue weighted by molar-refractivity contribution is 5.97. The largest absolute Gasteiger partial charge is 0.425 e. The monoisotopic (exact) mass is 103 g/mol. The third-order valence-corrected chi connectivity index (χ3v) is 0.931. The highest BCUT2D eigenvalue weighted by atomic mass is 28.2. The Morgan fingerprint density at radius 2 is 2.33 bits per heavy atom. The fourth-order valence-corrected chi connectivity index (χ4v) is 0.451. The fraction of sp³-hybridized carbons (Fsp3) is 1.00. The Balaban J connectivity index is 2.34. The van der Waals surface area contributed by atoms with Crippen LogP contribution >= 0.6 is 0 Å². The van der Waals surface area contributed by atoms with E-state index in [4.69, 9.17) is 4.43 Å². The van der Waals surface area contributed by atoms with Crippen LogP contribution in [0.3, 0.4) is 0 Å². The molecule has 0 rings (SSSR count). The lowest BCUT2D eigenvalue weighted by molar-refractivity contribution is 0.339. The van der Waals surface area contributed by atoms with Gasteiger partial charge in [-0.3, -0.25) is 0 Å². The summed E-state index contributed by atoms with van der Waals surface area (Å²) >= 11 is 0. The summed E-state index contributed by atoms with van der Waals surface area (Å²) in [4.78, 5) is 0. The first kappa shape index (κ1) is 6.18. The predicted octanol–water partition coefficient (Wildman–Crippen LogP) is 0.351. The quantitative estimate of drug-likeness (QED) is 0.370. The van der Waals surface area contributed by atoms with Gasteiger partial charge in [-0.25, -0.2) is 0 Å². The van der Waals surface area contributed by atoms with E-state index in [-0.39, 0.29) is 0 Å². The SMILES string of the molecule is CCCCO[SiH2]. The molecule has 0 heterocycles. The van der Waals surface area contributed by atoms with Gasteiger partial charge >= 0.3 is 0 Å². The van der Waals surface area contributed by atoms with E-state index < -0.39 is 0 Å². The van der Waals surface area contributed by atoms with Crippen LogP contribution in [0.1, 0.15) is 19.8 Å². The van der Waals surface area contributed by atoms with Crippen molar-refractivity contribution in [2.24, 2.45) is 0 Å². The van der Waals surface area contributed by atoms with Gasteiger partial charge in [-0.05, 0) is 6.42 Å². The minimum atomic E-state index is 0.926. The van der Waals surface area contributed by atoms with Gasteiger partial charge in [0.25, 0.3) is 0 Å². The summed E-state index contributed by atoms with van der Waals surface area (Å²) in [5.74, 6) is 0. The molecule has 0 spiro atoms. The average Bonchev–Trinajstić information content (AvgIpc) is 1.61. The molecule has 0 amide bonds. The molecule has 0 bridgehead atoms. The predicted molar refractivity (Wildman–Crippen MR) is 29.4 cm³/mol. The van der Waals surface area contributed by atoms with Crippen molar-refractivity contribution in [2.75, 3.05) is 6.61 Å². The van der Waals surface area contributed by atoms with Crippen molar-refractivity contribution in [2.45, 2.75) is 19.8 Å². The third kappa shape index (κ3) is 4.18. The van der Waals surface area contributed by atoms with Crippen molar-refractivity contribution >= 4 is 10.5 Å². The summed E-state index contributed by atoms with van der Waals surface area (Å²) in [6.07, 6.45) is 2.43. The molecule has 2 heteroatoms. The molecular formula is C4H11OSi. The topological polar surface area (TPSA) is 9.23 Å². The smallest absolute Gasteiger partial charge is 0.174 e. The van der Waals surface area contributed by atoms with Crippen molar-refractivity contribution in [3.8, 4) is 0 Å². The summed E-state index contributed by atoms with van der Waals surface area (Å²) in [6.45, 7) is 3.08. The van der Waals surface area contributed by atoms with Crippen LogP contribution in [0.5, 0.6) is 0 Å². The summed E-state index contributed by atoms with van der Waals surface area (Å²) in [7, 11) is 1.57. The van der Waals surface area contributed by atoms with Gasteiger partial charge in [0, 0.05) is 6.61 Å². The molecule has 1 radical (unpaired) electrons. The molecule has 0 aromatic carbocycles. The van der Waals surface area contributed by atoms with Crippen molar-refractivity contribution < 1.29 is 4.43 Å². The first-order chi connectivity index (χ1) is 2.91. The summed E-state index contributed by atoms with van der Waals surface area (Å²) in [5, 5.41) is 0. The number of rotatable bonds is 3. The van der Waals surface area contributed by atoms with Gasteiger partial charge in [0.1, 0.15) is 0 Å². The number of hydrogen-bond acceptors (Lipinski definition) is 1. The van der Waals surface area contributed by atoms with Gasteiger partial charge in [-0.1, -0.05) is 13.3 Å². The number of unbranched alkanes of at least 4 members (excludes halogenated alkanes) is 1. The normalized spacial score (nSPS) is 9.00. The lowest BCUT2D eigenvalue weighted by Gasteiger charge is -1.89. The van der Waals surface area contributed by atoms with Crippen molar-refractivity contribution in [1.82, 2.24) is 0 Å². The molecule has 0 unspecified atom stereocenters. The van der Waals surface area contributed by atoms with Crippen molar-refractivity contribution in [1.29, 1.82) is 0 Å². The summed E-state index contributed by atoms with van der Waals surface area (Å²) in [5.41, 5.74) is 0. The Kier molecular flexibility index (Phi) is 5.33. The van der Waals surface area contributed by atoms with Crippen LogP contribution in [0.4, 0.5) is 0 Å². The Morgan fingerprint density at radius 1 is 1.67 bits per heavy atom. The van der Waals surface area contributed by atoms with Gasteiger partial charge < -0.3 is 4.43 Å². The van der Waals surface area contributed by atoms with Gasteiger partial charge in [0.05, 0.1) is 0 Å².